The van der Waals surface area contributed by atoms with Gasteiger partial charge in [-0.2, -0.15) is 0 Å². The quantitative estimate of drug-likeness (QED) is 0.926. The van der Waals surface area contributed by atoms with E-state index in [2.05, 4.69) is 43.2 Å². The number of likely N-dealkylation sites (tertiary alicyclic amines) is 1. The van der Waals surface area contributed by atoms with Gasteiger partial charge in [0.2, 0.25) is 0 Å². The van der Waals surface area contributed by atoms with Crippen LogP contribution in [0.2, 0.25) is 0 Å². The molecule has 2 atom stereocenters. The molecule has 3 rings (SSSR count). The summed E-state index contributed by atoms with van der Waals surface area (Å²) in [6.07, 6.45) is 3.01. The van der Waals surface area contributed by atoms with Crippen molar-refractivity contribution >= 4 is 0 Å². The fourth-order valence-corrected chi connectivity index (χ4v) is 4.26. The first kappa shape index (κ1) is 15.1. The third-order valence-electron chi connectivity index (χ3n) is 5.46. The summed E-state index contributed by atoms with van der Waals surface area (Å²) in [6.45, 7) is 13.8. The lowest BCUT2D eigenvalue weighted by Gasteiger charge is -2.34. The van der Waals surface area contributed by atoms with Gasteiger partial charge in [0.25, 0.3) is 0 Å². The lowest BCUT2D eigenvalue weighted by atomic mass is 9.75. The summed E-state index contributed by atoms with van der Waals surface area (Å²) in [4.78, 5) is 2.55. The third-order valence-corrected chi connectivity index (χ3v) is 5.46. The first-order valence-corrected chi connectivity index (χ1v) is 8.49. The highest BCUT2D eigenvalue weighted by Gasteiger charge is 2.34. The van der Waals surface area contributed by atoms with Crippen LogP contribution in [0.3, 0.4) is 0 Å². The van der Waals surface area contributed by atoms with Crippen LogP contribution in [0, 0.1) is 18.3 Å². The topological polar surface area (TPSA) is 28.4 Å². The molecule has 1 aliphatic heterocycles. The number of aliphatic hydroxyl groups is 1. The van der Waals surface area contributed by atoms with Gasteiger partial charge in [0.15, 0.2) is 0 Å². The summed E-state index contributed by atoms with van der Waals surface area (Å²) in [5.41, 5.74) is 4.12. The zero-order valence-corrected chi connectivity index (χ0v) is 14.0. The van der Waals surface area contributed by atoms with Gasteiger partial charge in [-0.25, -0.2) is 0 Å². The van der Waals surface area contributed by atoms with E-state index in [1.165, 1.54) is 43.0 Å². The molecule has 0 amide bonds. The number of hydrogen-bond donors (Lipinski definition) is 1. The first-order chi connectivity index (χ1) is 9.89. The predicted octanol–water partition coefficient (Wildman–Crippen LogP) is 3.14. The Balaban J connectivity index is 1.83. The average Bonchev–Trinajstić information content (AvgIpc) is 2.96. The summed E-state index contributed by atoms with van der Waals surface area (Å²) in [6, 6.07) is 2.22. The molecular weight excluding hydrogens is 260 g/mol. The number of aryl methyl sites for hydroxylation is 1. The van der Waals surface area contributed by atoms with Gasteiger partial charge in [-0.15, -0.1) is 0 Å². The van der Waals surface area contributed by atoms with E-state index in [4.69, 9.17) is 0 Å². The molecule has 3 nitrogen and oxygen atoms in total. The van der Waals surface area contributed by atoms with Crippen molar-refractivity contribution in [3.05, 3.63) is 23.0 Å². The second kappa shape index (κ2) is 5.44. The van der Waals surface area contributed by atoms with Crippen molar-refractivity contribution in [2.45, 2.75) is 59.6 Å². The number of rotatable bonds is 3. The smallest absolute Gasteiger partial charge is 0.0812 e. The van der Waals surface area contributed by atoms with E-state index < -0.39 is 0 Å². The molecule has 0 aromatic carbocycles. The lowest BCUT2D eigenvalue weighted by molar-refractivity contribution is 0.0976. The predicted molar refractivity (Wildman–Crippen MR) is 86.5 cm³/mol. The minimum atomic E-state index is -0.278. The van der Waals surface area contributed by atoms with Crippen LogP contribution in [0.1, 0.15) is 56.7 Å². The van der Waals surface area contributed by atoms with E-state index >= 15 is 0 Å². The van der Waals surface area contributed by atoms with Gasteiger partial charge in [-0.3, -0.25) is 0 Å². The highest BCUT2D eigenvalue weighted by molar-refractivity contribution is 5.33. The van der Waals surface area contributed by atoms with Gasteiger partial charge in [-0.05, 0) is 56.7 Å². The Morgan fingerprint density at radius 3 is 2.81 bits per heavy atom. The van der Waals surface area contributed by atoms with Crippen molar-refractivity contribution in [2.24, 2.45) is 11.3 Å². The molecule has 118 valence electrons. The minimum Gasteiger partial charge on any atom is -0.388 e. The maximum atomic E-state index is 10.5. The Labute approximate surface area is 129 Å². The summed E-state index contributed by atoms with van der Waals surface area (Å²) in [5.74, 6) is 0.766. The molecule has 0 bridgehead atoms. The van der Waals surface area contributed by atoms with Crippen LogP contribution >= 0.6 is 0 Å². The van der Waals surface area contributed by atoms with Gasteiger partial charge in [0, 0.05) is 30.0 Å². The molecule has 2 heterocycles. The average molecular weight is 290 g/mol. The van der Waals surface area contributed by atoms with Gasteiger partial charge < -0.3 is 14.6 Å². The molecule has 0 radical (unpaired) electrons. The molecule has 1 N–H and O–H groups in total. The molecule has 3 heteroatoms. The molecule has 1 saturated heterocycles. The van der Waals surface area contributed by atoms with Gasteiger partial charge in [0.05, 0.1) is 6.10 Å². The van der Waals surface area contributed by atoms with Crippen LogP contribution < -0.4 is 0 Å². The van der Waals surface area contributed by atoms with Crippen LogP contribution in [0.4, 0.5) is 0 Å². The van der Waals surface area contributed by atoms with E-state index in [0.717, 1.165) is 25.3 Å². The first-order valence-electron chi connectivity index (χ1n) is 8.49. The summed E-state index contributed by atoms with van der Waals surface area (Å²) in [7, 11) is 0. The van der Waals surface area contributed by atoms with Crippen molar-refractivity contribution in [1.82, 2.24) is 9.47 Å². The van der Waals surface area contributed by atoms with Gasteiger partial charge >= 0.3 is 0 Å². The Morgan fingerprint density at radius 1 is 1.38 bits per heavy atom. The number of nitrogens with zero attached hydrogens (tertiary/aromatic N) is 2. The zero-order chi connectivity index (χ0) is 15.2. The minimum absolute atomic E-state index is 0.208. The van der Waals surface area contributed by atoms with Crippen LogP contribution in [0.5, 0.6) is 0 Å². The Morgan fingerprint density at radius 2 is 2.14 bits per heavy atom. The van der Waals surface area contributed by atoms with E-state index in [1.54, 1.807) is 0 Å². The summed E-state index contributed by atoms with van der Waals surface area (Å²) in [5, 5.41) is 10.5. The van der Waals surface area contributed by atoms with Gasteiger partial charge in [0.1, 0.15) is 0 Å². The molecule has 1 aromatic rings. The third kappa shape index (κ3) is 2.91. The molecule has 2 aliphatic rings. The Bertz CT molecular complexity index is 518. The van der Waals surface area contributed by atoms with Crippen molar-refractivity contribution < 1.29 is 5.11 Å². The summed E-state index contributed by atoms with van der Waals surface area (Å²) < 4.78 is 2.50. The molecule has 21 heavy (non-hydrogen) atoms. The van der Waals surface area contributed by atoms with Crippen molar-refractivity contribution in [2.75, 3.05) is 19.6 Å². The second-order valence-electron chi connectivity index (χ2n) is 7.91. The number of aromatic nitrogens is 1. The van der Waals surface area contributed by atoms with Gasteiger partial charge in [-0.1, -0.05) is 20.8 Å². The van der Waals surface area contributed by atoms with Crippen molar-refractivity contribution in [1.29, 1.82) is 0 Å². The molecule has 2 unspecified atom stereocenters. The standard InChI is InChI=1S/C18H30N2O/c1-5-19-7-6-14(11-19)12-20-13(2)8-15-16(20)9-18(3,4)10-17(15)21/h8,14,17,21H,5-7,9-12H2,1-4H3. The van der Waals surface area contributed by atoms with Crippen molar-refractivity contribution in [3.8, 4) is 0 Å². The summed E-state index contributed by atoms with van der Waals surface area (Å²) >= 11 is 0. The highest BCUT2D eigenvalue weighted by Crippen LogP contribution is 2.42. The normalized spacial score (nSPS) is 28.8. The highest BCUT2D eigenvalue weighted by atomic mass is 16.3. The number of aliphatic hydroxyl groups excluding tert-OH is 1. The van der Waals surface area contributed by atoms with Crippen molar-refractivity contribution in [3.63, 3.8) is 0 Å². The largest absolute Gasteiger partial charge is 0.388 e. The molecule has 0 saturated carbocycles. The maximum Gasteiger partial charge on any atom is 0.0812 e. The second-order valence-corrected chi connectivity index (χ2v) is 7.91. The maximum absolute atomic E-state index is 10.5. The Hall–Kier alpha value is -0.800. The van der Waals surface area contributed by atoms with Crippen LogP contribution in [0.25, 0.3) is 0 Å². The van der Waals surface area contributed by atoms with Crippen LogP contribution in [-0.2, 0) is 13.0 Å². The van der Waals surface area contributed by atoms with E-state index in [0.29, 0.717) is 0 Å². The number of hydrogen-bond acceptors (Lipinski definition) is 2. The van der Waals surface area contributed by atoms with Crippen LogP contribution in [-0.4, -0.2) is 34.2 Å². The Kier molecular flexibility index (Phi) is 3.91. The fraction of sp³-hybridized carbons (Fsp3) is 0.778. The SMILES string of the molecule is CCN1CCC(Cn2c(C)cc3c2CC(C)(C)CC3O)C1. The monoisotopic (exact) mass is 290 g/mol. The lowest BCUT2D eigenvalue weighted by Crippen LogP contribution is -2.28. The molecule has 0 spiro atoms. The molecule has 1 aromatic heterocycles. The molecule has 1 fully saturated rings. The zero-order valence-electron chi connectivity index (χ0n) is 14.0. The number of fused-ring (bicyclic) bond motifs is 1. The van der Waals surface area contributed by atoms with E-state index in [-0.39, 0.29) is 11.5 Å². The van der Waals surface area contributed by atoms with E-state index in [1.807, 2.05) is 0 Å². The molecule has 1 aliphatic carbocycles. The van der Waals surface area contributed by atoms with E-state index in [9.17, 15) is 5.11 Å². The van der Waals surface area contributed by atoms with Crippen LogP contribution in [0.15, 0.2) is 6.07 Å². The fourth-order valence-electron chi connectivity index (χ4n) is 4.26. The molecular formula is C18H30N2O.